The van der Waals surface area contributed by atoms with Crippen molar-refractivity contribution in [2.75, 3.05) is 31.7 Å². The van der Waals surface area contributed by atoms with Gasteiger partial charge in [0.25, 0.3) is 11.8 Å². The zero-order valence-corrected chi connectivity index (χ0v) is 15.5. The van der Waals surface area contributed by atoms with Crippen LogP contribution < -0.4 is 16.4 Å². The number of rotatable bonds is 7. The molecule has 7 heteroatoms. The number of anilines is 2. The number of hydrogen-bond acceptors (Lipinski definition) is 5. The van der Waals surface area contributed by atoms with Gasteiger partial charge in [-0.3, -0.25) is 9.59 Å². The number of carbonyl (C=O) groups is 2. The Morgan fingerprint density at radius 2 is 1.76 bits per heavy atom. The Balaban J connectivity index is 1.95. The lowest BCUT2D eigenvalue weighted by atomic mass is 10.2. The number of benzene rings is 1. The number of nitrogens with two attached hydrogens (primary N) is 1. The molecule has 1 atom stereocenters. The van der Waals surface area contributed by atoms with Gasteiger partial charge in [0.1, 0.15) is 0 Å². The number of nitrogen functional groups attached to an aromatic ring is 1. The van der Waals surface area contributed by atoms with Crippen LogP contribution in [-0.4, -0.2) is 43.4 Å². The second-order valence-corrected chi connectivity index (χ2v) is 7.26. The maximum Gasteiger partial charge on any atom is 0.265 e. The molecule has 2 amide bonds. The van der Waals surface area contributed by atoms with Crippen LogP contribution in [0.25, 0.3) is 0 Å². The number of carbonyl (C=O) groups excluding carboxylic acids is 2. The standard InChI is InChI=1S/C18H24N4O2S/c1-12(10-11-22(2)3)20-17(23)15-8-9-16(25-15)18(24)21-14-7-5-4-6-13(14)19/h4-9,12H,10-11,19H2,1-3H3,(H,20,23)(H,21,24). The molecule has 1 aromatic heterocycles. The highest BCUT2D eigenvalue weighted by Crippen LogP contribution is 2.21. The van der Waals surface area contributed by atoms with E-state index in [0.717, 1.165) is 13.0 Å². The molecule has 6 nitrogen and oxygen atoms in total. The first kappa shape index (κ1) is 19.0. The van der Waals surface area contributed by atoms with Crippen molar-refractivity contribution in [1.82, 2.24) is 10.2 Å². The SMILES string of the molecule is CC(CCN(C)C)NC(=O)c1ccc(C(=O)Nc2ccccc2N)s1. The summed E-state index contributed by atoms with van der Waals surface area (Å²) in [5, 5.41) is 5.72. The zero-order chi connectivity index (χ0) is 18.4. The van der Waals surface area contributed by atoms with Gasteiger partial charge in [0.15, 0.2) is 0 Å². The van der Waals surface area contributed by atoms with Gasteiger partial charge in [0, 0.05) is 6.04 Å². The van der Waals surface area contributed by atoms with Crippen LogP contribution in [0.5, 0.6) is 0 Å². The van der Waals surface area contributed by atoms with Gasteiger partial charge < -0.3 is 21.3 Å². The summed E-state index contributed by atoms with van der Waals surface area (Å²) in [6.07, 6.45) is 0.866. The van der Waals surface area contributed by atoms with Crippen molar-refractivity contribution >= 4 is 34.5 Å². The maximum absolute atomic E-state index is 12.3. The number of amides is 2. The summed E-state index contributed by atoms with van der Waals surface area (Å²) in [4.78, 5) is 27.6. The molecule has 0 saturated heterocycles. The van der Waals surface area contributed by atoms with E-state index in [0.29, 0.717) is 21.1 Å². The second-order valence-electron chi connectivity index (χ2n) is 6.17. The van der Waals surface area contributed by atoms with E-state index in [2.05, 4.69) is 15.5 Å². The Hall–Kier alpha value is -2.38. The van der Waals surface area contributed by atoms with Crippen molar-refractivity contribution in [1.29, 1.82) is 0 Å². The van der Waals surface area contributed by atoms with E-state index >= 15 is 0 Å². The molecule has 0 aliphatic carbocycles. The molecule has 4 N–H and O–H groups in total. The minimum atomic E-state index is -0.275. The Labute approximate surface area is 152 Å². The minimum absolute atomic E-state index is 0.0680. The largest absolute Gasteiger partial charge is 0.397 e. The van der Waals surface area contributed by atoms with Crippen LogP contribution in [0.4, 0.5) is 11.4 Å². The summed E-state index contributed by atoms with van der Waals surface area (Å²) >= 11 is 1.17. The fourth-order valence-corrected chi connectivity index (χ4v) is 3.00. The number of nitrogens with zero attached hydrogens (tertiary/aromatic N) is 1. The molecule has 0 aliphatic rings. The third kappa shape index (κ3) is 5.58. The molecule has 2 rings (SSSR count). The Kier molecular flexibility index (Phi) is 6.55. The molecule has 2 aromatic rings. The lowest BCUT2D eigenvalue weighted by Gasteiger charge is -2.16. The minimum Gasteiger partial charge on any atom is -0.397 e. The smallest absolute Gasteiger partial charge is 0.265 e. The predicted octanol–water partition coefficient (Wildman–Crippen LogP) is 2.65. The van der Waals surface area contributed by atoms with Crippen LogP contribution in [0.15, 0.2) is 36.4 Å². The highest BCUT2D eigenvalue weighted by Gasteiger charge is 2.16. The lowest BCUT2D eigenvalue weighted by Crippen LogP contribution is -2.34. The molecular weight excluding hydrogens is 336 g/mol. The van der Waals surface area contributed by atoms with Gasteiger partial charge in [-0.1, -0.05) is 12.1 Å². The second kappa shape index (κ2) is 8.64. The number of hydrogen-bond donors (Lipinski definition) is 3. The van der Waals surface area contributed by atoms with Crippen LogP contribution in [0.2, 0.25) is 0 Å². The fourth-order valence-electron chi connectivity index (χ4n) is 2.20. The Morgan fingerprint density at radius 1 is 1.12 bits per heavy atom. The van der Waals surface area contributed by atoms with Crippen molar-refractivity contribution in [3.8, 4) is 0 Å². The van der Waals surface area contributed by atoms with E-state index in [1.54, 1.807) is 36.4 Å². The van der Waals surface area contributed by atoms with E-state index in [9.17, 15) is 9.59 Å². The lowest BCUT2D eigenvalue weighted by molar-refractivity contribution is 0.0940. The van der Waals surface area contributed by atoms with Crippen LogP contribution in [0.1, 0.15) is 32.7 Å². The normalized spacial score (nSPS) is 12.0. The monoisotopic (exact) mass is 360 g/mol. The van der Waals surface area contributed by atoms with Crippen molar-refractivity contribution in [3.05, 3.63) is 46.2 Å². The fraction of sp³-hybridized carbons (Fsp3) is 0.333. The first-order valence-electron chi connectivity index (χ1n) is 8.08. The highest BCUT2D eigenvalue weighted by molar-refractivity contribution is 7.16. The van der Waals surface area contributed by atoms with Gasteiger partial charge >= 0.3 is 0 Å². The van der Waals surface area contributed by atoms with Crippen molar-refractivity contribution in [2.24, 2.45) is 0 Å². The van der Waals surface area contributed by atoms with Crippen LogP contribution >= 0.6 is 11.3 Å². The third-order valence-corrected chi connectivity index (χ3v) is 4.73. The van der Waals surface area contributed by atoms with Gasteiger partial charge in [-0.05, 0) is 58.3 Å². The zero-order valence-electron chi connectivity index (χ0n) is 14.7. The molecule has 0 fully saturated rings. The van der Waals surface area contributed by atoms with E-state index in [4.69, 9.17) is 5.73 Å². The maximum atomic E-state index is 12.3. The third-order valence-electron chi connectivity index (χ3n) is 3.65. The quantitative estimate of drug-likeness (QED) is 0.663. The first-order chi connectivity index (χ1) is 11.9. The van der Waals surface area contributed by atoms with Crippen LogP contribution in [-0.2, 0) is 0 Å². The van der Waals surface area contributed by atoms with Gasteiger partial charge in [0.05, 0.1) is 21.1 Å². The first-order valence-corrected chi connectivity index (χ1v) is 8.89. The van der Waals surface area contributed by atoms with Crippen LogP contribution in [0.3, 0.4) is 0 Å². The average Bonchev–Trinajstić information content (AvgIpc) is 3.05. The molecule has 0 aliphatic heterocycles. The van der Waals surface area contributed by atoms with E-state index < -0.39 is 0 Å². The van der Waals surface area contributed by atoms with Gasteiger partial charge in [-0.15, -0.1) is 11.3 Å². The molecule has 0 bridgehead atoms. The van der Waals surface area contributed by atoms with Gasteiger partial charge in [-0.2, -0.15) is 0 Å². The number of nitrogens with one attached hydrogen (secondary N) is 2. The van der Waals surface area contributed by atoms with Gasteiger partial charge in [0.2, 0.25) is 0 Å². The molecule has 0 radical (unpaired) electrons. The predicted molar refractivity (Wildman–Crippen MR) is 103 cm³/mol. The molecule has 0 saturated carbocycles. The van der Waals surface area contributed by atoms with Crippen molar-refractivity contribution in [2.45, 2.75) is 19.4 Å². The summed E-state index contributed by atoms with van der Waals surface area (Å²) in [6, 6.07) is 10.4. The van der Waals surface area contributed by atoms with E-state index in [-0.39, 0.29) is 17.9 Å². The molecule has 134 valence electrons. The molecular formula is C18H24N4O2S. The Morgan fingerprint density at radius 3 is 2.40 bits per heavy atom. The summed E-state index contributed by atoms with van der Waals surface area (Å²) in [5.41, 5.74) is 6.89. The summed E-state index contributed by atoms with van der Waals surface area (Å²) in [5.74, 6) is -0.433. The van der Waals surface area contributed by atoms with Crippen LogP contribution in [0, 0.1) is 0 Å². The highest BCUT2D eigenvalue weighted by atomic mass is 32.1. The molecule has 0 spiro atoms. The molecule has 1 aromatic carbocycles. The van der Waals surface area contributed by atoms with E-state index in [1.165, 1.54) is 11.3 Å². The van der Waals surface area contributed by atoms with Crippen molar-refractivity contribution < 1.29 is 9.59 Å². The topological polar surface area (TPSA) is 87.5 Å². The number of thiophene rings is 1. The summed E-state index contributed by atoms with van der Waals surface area (Å²) in [6.45, 7) is 2.87. The molecule has 1 heterocycles. The molecule has 1 unspecified atom stereocenters. The van der Waals surface area contributed by atoms with Crippen molar-refractivity contribution in [3.63, 3.8) is 0 Å². The molecule has 25 heavy (non-hydrogen) atoms. The van der Waals surface area contributed by atoms with Gasteiger partial charge in [-0.25, -0.2) is 0 Å². The summed E-state index contributed by atoms with van der Waals surface area (Å²) in [7, 11) is 4.00. The summed E-state index contributed by atoms with van der Waals surface area (Å²) < 4.78 is 0. The number of para-hydroxylation sites is 2. The average molecular weight is 360 g/mol. The Bertz CT molecular complexity index is 742. The van der Waals surface area contributed by atoms with E-state index in [1.807, 2.05) is 21.0 Å².